The summed E-state index contributed by atoms with van der Waals surface area (Å²) in [5.41, 5.74) is 7.60. The van der Waals surface area contributed by atoms with E-state index in [1.807, 2.05) is 66.7 Å². The van der Waals surface area contributed by atoms with Gasteiger partial charge in [-0.15, -0.1) is 0 Å². The van der Waals surface area contributed by atoms with Gasteiger partial charge < -0.3 is 20.1 Å². The molecule has 8 nitrogen and oxygen atoms in total. The number of sulfonamides is 1. The molecule has 50 heavy (non-hydrogen) atoms. The van der Waals surface area contributed by atoms with Crippen LogP contribution in [-0.4, -0.2) is 73.4 Å². The number of likely N-dealkylation sites (tertiary alicyclic amines) is 1. The van der Waals surface area contributed by atoms with E-state index in [-0.39, 0.29) is 36.9 Å². The molecule has 0 unspecified atom stereocenters. The first-order chi connectivity index (χ1) is 24.0. The zero-order valence-corrected chi connectivity index (χ0v) is 29.1. The van der Waals surface area contributed by atoms with E-state index in [9.17, 15) is 22.0 Å². The van der Waals surface area contributed by atoms with E-state index in [0.717, 1.165) is 57.2 Å². The third kappa shape index (κ3) is 7.32. The van der Waals surface area contributed by atoms with Crippen molar-refractivity contribution in [2.75, 3.05) is 19.6 Å². The Labute approximate surface area is 296 Å². The van der Waals surface area contributed by atoms with Gasteiger partial charge in [-0.2, -0.15) is 4.31 Å². The fourth-order valence-corrected chi connectivity index (χ4v) is 8.99. The minimum atomic E-state index is -4.21. The van der Waals surface area contributed by atoms with Crippen molar-refractivity contribution in [3.8, 4) is 22.6 Å². The van der Waals surface area contributed by atoms with E-state index in [1.54, 1.807) is 12.1 Å². The lowest BCUT2D eigenvalue weighted by Crippen LogP contribution is -2.62. The molecule has 2 heterocycles. The Kier molecular flexibility index (Phi) is 9.77. The molecule has 4 aromatic carbocycles. The average molecular weight is 724 g/mol. The van der Waals surface area contributed by atoms with Crippen LogP contribution in [-0.2, 0) is 14.8 Å². The van der Waals surface area contributed by atoms with Gasteiger partial charge >= 0.3 is 0 Å². The lowest BCUT2D eigenvalue weighted by Gasteiger charge is -2.42. The quantitative estimate of drug-likeness (QED) is 0.205. The van der Waals surface area contributed by atoms with Crippen molar-refractivity contribution >= 4 is 38.3 Å². The minimum Gasteiger partial charge on any atom is -0.490 e. The minimum absolute atomic E-state index is 0.000566. The largest absolute Gasteiger partial charge is 0.490 e. The number of halogens is 3. The second kappa shape index (κ2) is 14.1. The third-order valence-corrected chi connectivity index (χ3v) is 12.2. The van der Waals surface area contributed by atoms with Gasteiger partial charge in [0.25, 0.3) is 5.92 Å². The van der Waals surface area contributed by atoms with Gasteiger partial charge in [-0.05, 0) is 109 Å². The molecule has 264 valence electrons. The highest BCUT2D eigenvalue weighted by Crippen LogP contribution is 2.34. The number of nitrogens with two attached hydrogens (primary N) is 1. The predicted octanol–water partition coefficient (Wildman–Crippen LogP) is 7.28. The van der Waals surface area contributed by atoms with Crippen molar-refractivity contribution in [1.82, 2.24) is 9.21 Å². The molecule has 1 amide bonds. The molecule has 2 N–H and O–H groups in total. The molecule has 3 atom stereocenters. The number of piperidine rings is 2. The van der Waals surface area contributed by atoms with Crippen LogP contribution in [0.3, 0.4) is 0 Å². The fraction of sp³-hybridized carbons (Fsp3) is 0.395. The number of benzene rings is 4. The van der Waals surface area contributed by atoms with Gasteiger partial charge in [-0.1, -0.05) is 48.0 Å². The molecular weight excluding hydrogens is 684 g/mol. The third-order valence-electron chi connectivity index (χ3n) is 10.1. The summed E-state index contributed by atoms with van der Waals surface area (Å²) in [6.45, 7) is -0.878. The first-order valence-corrected chi connectivity index (χ1v) is 19.0. The maximum atomic E-state index is 14.7. The smallest absolute Gasteiger partial charge is 0.280 e. The molecule has 2 aliphatic heterocycles. The summed E-state index contributed by atoms with van der Waals surface area (Å²) in [4.78, 5) is 15.1. The summed E-state index contributed by atoms with van der Waals surface area (Å²) >= 11 is 6.03. The monoisotopic (exact) mass is 723 g/mol. The van der Waals surface area contributed by atoms with Crippen LogP contribution in [0.15, 0.2) is 89.8 Å². The van der Waals surface area contributed by atoms with Crippen LogP contribution in [0, 0.1) is 0 Å². The van der Waals surface area contributed by atoms with Gasteiger partial charge in [-0.25, -0.2) is 17.2 Å². The molecule has 12 heteroatoms. The van der Waals surface area contributed by atoms with Crippen LogP contribution in [0.25, 0.3) is 21.9 Å². The summed E-state index contributed by atoms with van der Waals surface area (Å²) in [6, 6.07) is 22.7. The summed E-state index contributed by atoms with van der Waals surface area (Å²) in [5, 5.41) is 2.17. The van der Waals surface area contributed by atoms with Crippen molar-refractivity contribution < 1.29 is 31.5 Å². The number of carbonyl (C=O) groups excluding carboxylic acids is 1. The fourth-order valence-electron chi connectivity index (χ4n) is 7.22. The molecule has 7 rings (SSSR count). The second-order valence-corrected chi connectivity index (χ2v) is 15.9. The first kappa shape index (κ1) is 34.7. The predicted molar refractivity (Wildman–Crippen MR) is 189 cm³/mol. The van der Waals surface area contributed by atoms with Crippen LogP contribution in [0.2, 0.25) is 5.02 Å². The molecule has 0 spiro atoms. The summed E-state index contributed by atoms with van der Waals surface area (Å²) in [5.74, 6) is -2.67. The molecule has 4 aromatic rings. The standard InChI is InChI=1S/C38H40ClF2N3O5S/c39-29-11-5-25(6-12-29)26-7-13-31(14-8-26)49-33-17-20-44(35(23-33)37(45)43-19-18-36(42)38(40,41)24-43)50(46,47)34-16-10-27-21-32(15-9-28(27)22-34)48-30-3-1-2-4-30/h5-16,21-22,30,33,35-36H,1-4,17-20,23-24,42H2/t33-,35-,36+/m0/s1. The molecule has 0 bridgehead atoms. The molecule has 1 aliphatic carbocycles. The van der Waals surface area contributed by atoms with Crippen LogP contribution in [0.5, 0.6) is 11.5 Å². The van der Waals surface area contributed by atoms with E-state index in [1.165, 1.54) is 6.07 Å². The number of ether oxygens (including phenoxy) is 2. The Balaban J connectivity index is 1.13. The Morgan fingerprint density at radius 1 is 0.780 bits per heavy atom. The number of hydrogen-bond acceptors (Lipinski definition) is 6. The van der Waals surface area contributed by atoms with Crippen LogP contribution < -0.4 is 15.2 Å². The zero-order valence-electron chi connectivity index (χ0n) is 27.5. The van der Waals surface area contributed by atoms with Gasteiger partial charge in [0, 0.05) is 24.5 Å². The number of rotatable bonds is 8. The Hall–Kier alpha value is -3.77. The number of hydrogen-bond donors (Lipinski definition) is 1. The number of carbonyl (C=O) groups is 1. The van der Waals surface area contributed by atoms with Gasteiger partial charge in [0.1, 0.15) is 23.6 Å². The Morgan fingerprint density at radius 2 is 1.40 bits per heavy atom. The summed E-state index contributed by atoms with van der Waals surface area (Å²) in [6.07, 6.45) is 4.23. The van der Waals surface area contributed by atoms with Gasteiger partial charge in [-0.3, -0.25) is 4.79 Å². The molecule has 3 aliphatic rings. The number of amides is 1. The van der Waals surface area contributed by atoms with E-state index in [2.05, 4.69) is 0 Å². The van der Waals surface area contributed by atoms with E-state index < -0.39 is 46.6 Å². The highest BCUT2D eigenvalue weighted by Gasteiger charge is 2.48. The summed E-state index contributed by atoms with van der Waals surface area (Å²) < 4.78 is 71.5. The van der Waals surface area contributed by atoms with E-state index >= 15 is 0 Å². The molecule has 2 saturated heterocycles. The van der Waals surface area contributed by atoms with Gasteiger partial charge in [0.2, 0.25) is 15.9 Å². The molecular formula is C38H40ClF2N3O5S. The van der Waals surface area contributed by atoms with E-state index in [0.29, 0.717) is 22.6 Å². The van der Waals surface area contributed by atoms with Crippen molar-refractivity contribution in [3.05, 3.63) is 90.0 Å². The second-order valence-electron chi connectivity index (χ2n) is 13.5. The Morgan fingerprint density at radius 3 is 2.10 bits per heavy atom. The number of alkyl halides is 2. The first-order valence-electron chi connectivity index (χ1n) is 17.1. The van der Waals surface area contributed by atoms with Crippen LogP contribution in [0.1, 0.15) is 44.9 Å². The Bertz CT molecular complexity index is 1960. The lowest BCUT2D eigenvalue weighted by molar-refractivity contribution is -0.149. The SMILES string of the molecule is N[C@@H]1CCN(C(=O)[C@@H]2C[C@@H](Oc3ccc(-c4ccc(Cl)cc4)cc3)CCN2S(=O)(=O)c2ccc3cc(OC4CCCC4)ccc3c2)CC1(F)F. The zero-order chi connectivity index (χ0) is 35.0. The molecule has 1 saturated carbocycles. The number of fused-ring (bicyclic) bond motifs is 1. The van der Waals surface area contributed by atoms with Crippen LogP contribution in [0.4, 0.5) is 8.78 Å². The molecule has 3 fully saturated rings. The highest BCUT2D eigenvalue weighted by molar-refractivity contribution is 7.89. The normalized spacial score (nSPS) is 23.2. The van der Waals surface area contributed by atoms with Crippen molar-refractivity contribution in [3.63, 3.8) is 0 Å². The van der Waals surface area contributed by atoms with Crippen molar-refractivity contribution in [2.24, 2.45) is 5.73 Å². The lowest BCUT2D eigenvalue weighted by atomic mass is 9.97. The van der Waals surface area contributed by atoms with E-state index in [4.69, 9.17) is 26.8 Å². The number of nitrogens with zero attached hydrogens (tertiary/aromatic N) is 2. The van der Waals surface area contributed by atoms with Crippen molar-refractivity contribution in [1.29, 1.82) is 0 Å². The topological polar surface area (TPSA) is 102 Å². The molecule has 0 radical (unpaired) electrons. The molecule has 0 aromatic heterocycles. The van der Waals surface area contributed by atoms with Gasteiger partial charge in [0.15, 0.2) is 0 Å². The van der Waals surface area contributed by atoms with Crippen LogP contribution >= 0.6 is 11.6 Å². The maximum absolute atomic E-state index is 14.7. The maximum Gasteiger partial charge on any atom is 0.280 e. The highest BCUT2D eigenvalue weighted by atomic mass is 35.5. The summed E-state index contributed by atoms with van der Waals surface area (Å²) in [7, 11) is -4.21. The van der Waals surface area contributed by atoms with Gasteiger partial charge in [0.05, 0.1) is 23.6 Å². The average Bonchev–Trinajstić information content (AvgIpc) is 3.62. The van der Waals surface area contributed by atoms with Crippen molar-refractivity contribution in [2.45, 2.75) is 80.1 Å².